The van der Waals surface area contributed by atoms with Gasteiger partial charge < -0.3 is 10.1 Å². The van der Waals surface area contributed by atoms with Crippen molar-refractivity contribution in [3.05, 3.63) is 53.9 Å². The highest BCUT2D eigenvalue weighted by Crippen LogP contribution is 2.12. The van der Waals surface area contributed by atoms with Crippen molar-refractivity contribution in [2.45, 2.75) is 18.9 Å². The van der Waals surface area contributed by atoms with Crippen LogP contribution < -0.4 is 5.32 Å². The minimum Gasteiger partial charge on any atom is -0.376 e. The molecule has 1 amide bonds. The second-order valence-corrected chi connectivity index (χ2v) is 5.57. The molecule has 0 radical (unpaired) electrons. The molecule has 1 N–H and O–H groups in total. The molecule has 0 aliphatic carbocycles. The molecule has 1 atom stereocenters. The molecule has 6 heteroatoms. The molecule has 0 saturated carbocycles. The molecule has 0 bridgehead atoms. The van der Waals surface area contributed by atoms with Crippen LogP contribution in [-0.4, -0.2) is 34.9 Å². The van der Waals surface area contributed by atoms with Crippen LogP contribution in [0.3, 0.4) is 0 Å². The highest BCUT2D eigenvalue weighted by molar-refractivity contribution is 6.01. The number of amides is 1. The Kier molecular flexibility index (Phi) is 5.04. The summed E-state index contributed by atoms with van der Waals surface area (Å²) in [6.45, 7) is 1.17. The molecule has 2 heterocycles. The summed E-state index contributed by atoms with van der Waals surface area (Å²) in [7, 11) is 0. The number of ether oxygens (including phenoxy) is 1. The Bertz CT molecular complexity index is 768. The number of rotatable bonds is 5. The normalized spacial score (nSPS) is 17.5. The molecule has 1 aliphatic rings. The third kappa shape index (κ3) is 3.89. The van der Waals surface area contributed by atoms with Crippen molar-refractivity contribution < 1.29 is 9.53 Å². The summed E-state index contributed by atoms with van der Waals surface area (Å²) in [5.74, 6) is -0.388. The van der Waals surface area contributed by atoms with Gasteiger partial charge in [0.25, 0.3) is 5.91 Å². The second kappa shape index (κ2) is 7.57. The van der Waals surface area contributed by atoms with Crippen molar-refractivity contribution in [2.75, 3.05) is 13.2 Å². The number of nitriles is 1. The van der Waals surface area contributed by atoms with Gasteiger partial charge in [0.2, 0.25) is 0 Å². The van der Waals surface area contributed by atoms with Crippen LogP contribution in [-0.2, 0) is 9.53 Å². The maximum absolute atomic E-state index is 12.1. The monoisotopic (exact) mass is 322 g/mol. The maximum Gasteiger partial charge on any atom is 0.262 e. The molecule has 0 spiro atoms. The summed E-state index contributed by atoms with van der Waals surface area (Å²) >= 11 is 0. The summed E-state index contributed by atoms with van der Waals surface area (Å²) in [4.78, 5) is 12.1. The van der Waals surface area contributed by atoms with Crippen LogP contribution in [0.4, 0.5) is 0 Å². The number of hydrogen-bond acceptors (Lipinski definition) is 4. The zero-order valence-corrected chi connectivity index (χ0v) is 13.2. The van der Waals surface area contributed by atoms with Gasteiger partial charge in [0.1, 0.15) is 11.6 Å². The van der Waals surface area contributed by atoms with Crippen molar-refractivity contribution in [1.82, 2.24) is 15.1 Å². The average Bonchev–Trinajstić information content (AvgIpc) is 3.30. The van der Waals surface area contributed by atoms with Gasteiger partial charge in [-0.1, -0.05) is 18.2 Å². The Morgan fingerprint density at radius 1 is 1.46 bits per heavy atom. The molecule has 2 aromatic rings. The van der Waals surface area contributed by atoms with Crippen LogP contribution >= 0.6 is 0 Å². The number of para-hydroxylation sites is 1. The van der Waals surface area contributed by atoms with E-state index >= 15 is 0 Å². The number of hydrogen-bond donors (Lipinski definition) is 1. The number of aromatic nitrogens is 2. The predicted octanol–water partition coefficient (Wildman–Crippen LogP) is 2.07. The molecule has 122 valence electrons. The van der Waals surface area contributed by atoms with E-state index in [1.165, 1.54) is 6.08 Å². The summed E-state index contributed by atoms with van der Waals surface area (Å²) in [5, 5.41) is 16.2. The molecule has 1 aliphatic heterocycles. The van der Waals surface area contributed by atoms with Gasteiger partial charge in [-0.05, 0) is 31.1 Å². The first-order chi connectivity index (χ1) is 11.8. The molecule has 1 fully saturated rings. The molecular formula is C18H18N4O2. The number of benzene rings is 1. The van der Waals surface area contributed by atoms with E-state index < -0.39 is 0 Å². The molecule has 6 nitrogen and oxygen atoms in total. The third-order valence-corrected chi connectivity index (χ3v) is 3.81. The second-order valence-electron chi connectivity index (χ2n) is 5.57. The summed E-state index contributed by atoms with van der Waals surface area (Å²) in [6, 6.07) is 11.6. The average molecular weight is 322 g/mol. The van der Waals surface area contributed by atoms with Crippen LogP contribution in [0.1, 0.15) is 18.4 Å². The highest BCUT2D eigenvalue weighted by atomic mass is 16.5. The van der Waals surface area contributed by atoms with Crippen molar-refractivity contribution in [3.63, 3.8) is 0 Å². The maximum atomic E-state index is 12.1. The van der Waals surface area contributed by atoms with Gasteiger partial charge in [-0.15, -0.1) is 0 Å². The molecule has 3 rings (SSSR count). The molecular weight excluding hydrogens is 304 g/mol. The Labute approximate surface area is 140 Å². The molecule has 1 saturated heterocycles. The van der Waals surface area contributed by atoms with Gasteiger partial charge in [-0.2, -0.15) is 10.4 Å². The lowest BCUT2D eigenvalue weighted by molar-refractivity contribution is -0.117. The van der Waals surface area contributed by atoms with Gasteiger partial charge in [-0.25, -0.2) is 4.68 Å². The Balaban J connectivity index is 1.67. The molecule has 1 aromatic heterocycles. The van der Waals surface area contributed by atoms with Crippen molar-refractivity contribution in [1.29, 1.82) is 5.26 Å². The topological polar surface area (TPSA) is 79.9 Å². The lowest BCUT2D eigenvalue weighted by atomic mass is 10.2. The largest absolute Gasteiger partial charge is 0.376 e. The van der Waals surface area contributed by atoms with Crippen molar-refractivity contribution in [3.8, 4) is 11.8 Å². The van der Waals surface area contributed by atoms with E-state index in [9.17, 15) is 10.1 Å². The molecule has 0 unspecified atom stereocenters. The molecule has 24 heavy (non-hydrogen) atoms. The predicted molar refractivity (Wildman–Crippen MR) is 89.1 cm³/mol. The first kappa shape index (κ1) is 16.0. The van der Waals surface area contributed by atoms with E-state index in [4.69, 9.17) is 4.74 Å². The molecule has 1 aromatic carbocycles. The number of nitrogens with one attached hydrogen (secondary N) is 1. The van der Waals surface area contributed by atoms with Crippen LogP contribution in [0.25, 0.3) is 11.8 Å². The van der Waals surface area contributed by atoms with E-state index in [2.05, 4.69) is 10.4 Å². The van der Waals surface area contributed by atoms with Crippen LogP contribution in [0.5, 0.6) is 0 Å². The number of carbonyl (C=O) groups excluding carboxylic acids is 1. The van der Waals surface area contributed by atoms with E-state index in [1.807, 2.05) is 36.4 Å². The van der Waals surface area contributed by atoms with Crippen LogP contribution in [0, 0.1) is 11.3 Å². The number of carbonyl (C=O) groups is 1. The van der Waals surface area contributed by atoms with E-state index in [0.717, 1.165) is 25.1 Å². The SMILES string of the molecule is N#C/C(=C\c1cnn(-c2ccccc2)c1)C(=O)NC[C@H]1CCCO1. The lowest BCUT2D eigenvalue weighted by Gasteiger charge is -2.09. The van der Waals surface area contributed by atoms with Gasteiger partial charge in [-0.3, -0.25) is 4.79 Å². The third-order valence-electron chi connectivity index (χ3n) is 3.81. The Hall–Kier alpha value is -2.91. The van der Waals surface area contributed by atoms with E-state index in [0.29, 0.717) is 12.1 Å². The van der Waals surface area contributed by atoms with Gasteiger partial charge >= 0.3 is 0 Å². The first-order valence-electron chi connectivity index (χ1n) is 7.88. The standard InChI is InChI=1S/C18H18N4O2/c19-10-15(18(23)20-12-17-7-4-8-24-17)9-14-11-21-22(13-14)16-5-2-1-3-6-16/h1-3,5-6,9,11,13,17H,4,7-8,12H2,(H,20,23)/b15-9+/t17-/m1/s1. The zero-order valence-electron chi connectivity index (χ0n) is 13.2. The summed E-state index contributed by atoms with van der Waals surface area (Å²) < 4.78 is 7.16. The first-order valence-corrected chi connectivity index (χ1v) is 7.88. The quantitative estimate of drug-likeness (QED) is 0.675. The van der Waals surface area contributed by atoms with Gasteiger partial charge in [0, 0.05) is 24.9 Å². The zero-order chi connectivity index (χ0) is 16.8. The van der Waals surface area contributed by atoms with Crippen LogP contribution in [0.15, 0.2) is 48.3 Å². The Morgan fingerprint density at radius 2 is 2.29 bits per heavy atom. The van der Waals surface area contributed by atoms with Crippen LogP contribution in [0.2, 0.25) is 0 Å². The highest BCUT2D eigenvalue weighted by Gasteiger charge is 2.17. The lowest BCUT2D eigenvalue weighted by Crippen LogP contribution is -2.32. The van der Waals surface area contributed by atoms with Crippen molar-refractivity contribution >= 4 is 12.0 Å². The summed E-state index contributed by atoms with van der Waals surface area (Å²) in [6.07, 6.45) is 6.94. The van der Waals surface area contributed by atoms with E-state index in [1.54, 1.807) is 17.1 Å². The minimum atomic E-state index is -0.388. The fraction of sp³-hybridized carbons (Fsp3) is 0.278. The number of nitrogens with zero attached hydrogens (tertiary/aromatic N) is 3. The fourth-order valence-electron chi connectivity index (χ4n) is 2.56. The van der Waals surface area contributed by atoms with Crippen molar-refractivity contribution in [2.24, 2.45) is 0 Å². The van der Waals surface area contributed by atoms with Gasteiger partial charge in [0.15, 0.2) is 0 Å². The summed E-state index contributed by atoms with van der Waals surface area (Å²) in [5.41, 5.74) is 1.67. The van der Waals surface area contributed by atoms with Gasteiger partial charge in [0.05, 0.1) is 18.0 Å². The van der Waals surface area contributed by atoms with E-state index in [-0.39, 0.29) is 17.6 Å². The Morgan fingerprint density at radius 3 is 3.00 bits per heavy atom. The minimum absolute atomic E-state index is 0.0507. The fourth-order valence-corrected chi connectivity index (χ4v) is 2.56. The smallest absolute Gasteiger partial charge is 0.262 e.